The lowest BCUT2D eigenvalue weighted by atomic mass is 9.85. The minimum absolute atomic E-state index is 0.0315. The van der Waals surface area contributed by atoms with Crippen LogP contribution in [0, 0.1) is 43.9 Å². The SMILES string of the molecule is O=C1[C@@H]2[C@H](C(=O)N1N=Cc1cc(Br)c(OCc3ccc([N+](=O)[O-])cc3)c([N+](=O)[O-])c1)[C@H]1C=C[C@H]2C1. The first-order valence-corrected chi connectivity index (χ1v) is 11.5. The van der Waals surface area contributed by atoms with Gasteiger partial charge in [-0.15, -0.1) is 0 Å². The molecule has 11 nitrogen and oxygen atoms in total. The van der Waals surface area contributed by atoms with Gasteiger partial charge in [-0.25, -0.2) is 0 Å². The second-order valence-electron chi connectivity index (χ2n) is 8.55. The van der Waals surface area contributed by atoms with Crippen LogP contribution in [0.3, 0.4) is 0 Å². The van der Waals surface area contributed by atoms with E-state index >= 15 is 0 Å². The second kappa shape index (κ2) is 8.69. The van der Waals surface area contributed by atoms with E-state index in [4.69, 9.17) is 4.74 Å². The Kier molecular flexibility index (Phi) is 5.67. The number of ether oxygens (including phenoxy) is 1. The van der Waals surface area contributed by atoms with E-state index in [0.717, 1.165) is 11.4 Å². The number of benzene rings is 2. The van der Waals surface area contributed by atoms with Crippen LogP contribution in [0.4, 0.5) is 11.4 Å². The van der Waals surface area contributed by atoms with Crippen LogP contribution in [0.5, 0.6) is 5.75 Å². The molecular formula is C23H17BrN4O7. The number of nitro benzene ring substituents is 2. The summed E-state index contributed by atoms with van der Waals surface area (Å²) in [5.41, 5.74) is 0.459. The maximum atomic E-state index is 12.8. The maximum absolute atomic E-state index is 12.8. The highest BCUT2D eigenvalue weighted by Gasteiger charge is 2.59. The smallest absolute Gasteiger partial charge is 0.312 e. The van der Waals surface area contributed by atoms with Crippen molar-refractivity contribution in [3.8, 4) is 5.75 Å². The molecule has 1 aliphatic heterocycles. The van der Waals surface area contributed by atoms with Crippen LogP contribution >= 0.6 is 15.9 Å². The standard InChI is InChI=1S/C23H17BrN4O7/c24-17-7-13(10-25-26-22(29)19-14-3-4-15(9-14)20(19)23(26)30)8-18(28(33)34)21(17)35-11-12-1-5-16(6-2-12)27(31)32/h1-8,10,14-15,19-20H,9,11H2/t14-,15-,19-,20+/m0/s1. The summed E-state index contributed by atoms with van der Waals surface area (Å²) in [6.45, 7) is -0.0548. The Hall–Kier alpha value is -3.93. The molecule has 0 spiro atoms. The molecule has 2 aliphatic carbocycles. The molecule has 0 radical (unpaired) electrons. The van der Waals surface area contributed by atoms with Gasteiger partial charge in [0.1, 0.15) is 6.61 Å². The molecule has 0 unspecified atom stereocenters. The minimum atomic E-state index is -0.618. The Balaban J connectivity index is 1.34. The molecule has 2 aromatic rings. The molecule has 0 aromatic heterocycles. The van der Waals surface area contributed by atoms with E-state index in [1.807, 2.05) is 12.2 Å². The molecule has 2 amide bonds. The van der Waals surface area contributed by atoms with Gasteiger partial charge in [-0.2, -0.15) is 10.1 Å². The van der Waals surface area contributed by atoms with E-state index in [1.165, 1.54) is 42.6 Å². The first kappa shape index (κ1) is 22.8. The molecule has 4 atom stereocenters. The number of carbonyl (C=O) groups is 2. The fourth-order valence-corrected chi connectivity index (χ4v) is 5.53. The third-order valence-electron chi connectivity index (χ3n) is 6.54. The van der Waals surface area contributed by atoms with Crippen molar-refractivity contribution < 1.29 is 24.2 Å². The number of hydrogen-bond acceptors (Lipinski definition) is 8. The highest BCUT2D eigenvalue weighted by Crippen LogP contribution is 2.52. The van der Waals surface area contributed by atoms with E-state index in [9.17, 15) is 29.8 Å². The Labute approximate surface area is 206 Å². The minimum Gasteiger partial charge on any atom is -0.481 e. The average molecular weight is 541 g/mol. The molecule has 1 saturated heterocycles. The van der Waals surface area contributed by atoms with Crippen LogP contribution in [0.2, 0.25) is 0 Å². The molecule has 1 heterocycles. The van der Waals surface area contributed by atoms with Gasteiger partial charge in [0.15, 0.2) is 0 Å². The van der Waals surface area contributed by atoms with E-state index in [0.29, 0.717) is 11.1 Å². The van der Waals surface area contributed by atoms with Gasteiger partial charge in [0, 0.05) is 23.8 Å². The summed E-state index contributed by atoms with van der Waals surface area (Å²) in [4.78, 5) is 46.9. The van der Waals surface area contributed by atoms with Crippen LogP contribution in [0.15, 0.2) is 58.1 Å². The second-order valence-corrected chi connectivity index (χ2v) is 9.41. The molecule has 2 fully saturated rings. The molecule has 178 valence electrons. The third kappa shape index (κ3) is 3.99. The van der Waals surface area contributed by atoms with Crippen LogP contribution in [-0.2, 0) is 16.2 Å². The van der Waals surface area contributed by atoms with Gasteiger partial charge in [-0.1, -0.05) is 12.2 Å². The number of non-ortho nitro benzene ring substituents is 1. The number of hydrazone groups is 1. The van der Waals surface area contributed by atoms with Gasteiger partial charge in [0.2, 0.25) is 5.75 Å². The summed E-state index contributed by atoms with van der Waals surface area (Å²) < 4.78 is 5.91. The summed E-state index contributed by atoms with van der Waals surface area (Å²) >= 11 is 3.28. The highest BCUT2D eigenvalue weighted by molar-refractivity contribution is 9.10. The van der Waals surface area contributed by atoms with Gasteiger partial charge in [0.05, 0.1) is 32.4 Å². The molecule has 1 saturated carbocycles. The third-order valence-corrected chi connectivity index (χ3v) is 7.13. The summed E-state index contributed by atoms with van der Waals surface area (Å²) in [6.07, 6.45) is 6.02. The molecular weight excluding hydrogens is 524 g/mol. The van der Waals surface area contributed by atoms with E-state index in [2.05, 4.69) is 21.0 Å². The number of halogens is 1. The van der Waals surface area contributed by atoms with Crippen molar-refractivity contribution in [3.05, 3.63) is 84.4 Å². The van der Waals surface area contributed by atoms with E-state index in [-0.39, 0.29) is 63.7 Å². The van der Waals surface area contributed by atoms with Crippen molar-refractivity contribution in [2.45, 2.75) is 13.0 Å². The predicted molar refractivity (Wildman–Crippen MR) is 125 cm³/mol. The monoisotopic (exact) mass is 540 g/mol. The Morgan fingerprint density at radius 2 is 1.66 bits per heavy atom. The van der Waals surface area contributed by atoms with Gasteiger partial charge in [0.25, 0.3) is 17.5 Å². The van der Waals surface area contributed by atoms with Gasteiger partial charge < -0.3 is 4.74 Å². The lowest BCUT2D eigenvalue weighted by molar-refractivity contribution is -0.386. The number of amides is 2. The van der Waals surface area contributed by atoms with Gasteiger partial charge >= 0.3 is 5.69 Å². The number of allylic oxidation sites excluding steroid dienone is 2. The summed E-state index contributed by atoms with van der Waals surface area (Å²) in [6, 6.07) is 8.39. The molecule has 2 bridgehead atoms. The lowest BCUT2D eigenvalue weighted by Gasteiger charge is -2.13. The number of nitro groups is 2. The van der Waals surface area contributed by atoms with Crippen molar-refractivity contribution in [1.29, 1.82) is 0 Å². The first-order valence-electron chi connectivity index (χ1n) is 10.7. The number of rotatable bonds is 7. The van der Waals surface area contributed by atoms with E-state index in [1.54, 1.807) is 0 Å². The molecule has 2 aromatic carbocycles. The molecule has 35 heavy (non-hydrogen) atoms. The number of nitrogens with zero attached hydrogens (tertiary/aromatic N) is 4. The van der Waals surface area contributed by atoms with Crippen molar-refractivity contribution in [2.75, 3.05) is 0 Å². The highest BCUT2D eigenvalue weighted by atomic mass is 79.9. The number of carbonyl (C=O) groups excluding carboxylic acids is 2. The maximum Gasteiger partial charge on any atom is 0.312 e. The molecule has 0 N–H and O–H groups in total. The first-order chi connectivity index (χ1) is 16.7. The predicted octanol–water partition coefficient (Wildman–Crippen LogP) is 3.99. The van der Waals surface area contributed by atoms with Gasteiger partial charge in [-0.05, 0) is 57.9 Å². The normalized spacial score (nSPS) is 24.4. The topological polar surface area (TPSA) is 145 Å². The molecule has 12 heteroatoms. The summed E-state index contributed by atoms with van der Waals surface area (Å²) in [5.74, 6) is -1.37. The van der Waals surface area contributed by atoms with Crippen LogP contribution in [-0.4, -0.2) is 32.9 Å². The van der Waals surface area contributed by atoms with Gasteiger partial charge in [-0.3, -0.25) is 29.8 Å². The Morgan fingerprint density at radius 3 is 2.23 bits per heavy atom. The largest absolute Gasteiger partial charge is 0.481 e. The van der Waals surface area contributed by atoms with E-state index < -0.39 is 9.85 Å². The Bertz CT molecular complexity index is 1290. The number of imide groups is 1. The van der Waals surface area contributed by atoms with Crippen molar-refractivity contribution in [1.82, 2.24) is 5.01 Å². The lowest BCUT2D eigenvalue weighted by Crippen LogP contribution is -2.28. The molecule has 3 aliphatic rings. The van der Waals surface area contributed by atoms with Crippen molar-refractivity contribution >= 4 is 45.3 Å². The summed E-state index contributed by atoms with van der Waals surface area (Å²) in [7, 11) is 0. The van der Waals surface area contributed by atoms with Crippen LogP contribution in [0.1, 0.15) is 17.5 Å². The van der Waals surface area contributed by atoms with Crippen molar-refractivity contribution in [2.24, 2.45) is 28.8 Å². The quantitative estimate of drug-likeness (QED) is 0.169. The number of hydrogen-bond donors (Lipinski definition) is 0. The summed E-state index contributed by atoms with van der Waals surface area (Å²) in [5, 5.41) is 27.4. The average Bonchev–Trinajstić information content (AvgIpc) is 3.51. The van der Waals surface area contributed by atoms with Crippen LogP contribution < -0.4 is 4.74 Å². The zero-order chi connectivity index (χ0) is 24.9. The zero-order valence-electron chi connectivity index (χ0n) is 17.9. The fourth-order valence-electron chi connectivity index (χ4n) is 4.95. The van der Waals surface area contributed by atoms with Crippen LogP contribution in [0.25, 0.3) is 0 Å². The number of fused-ring (bicyclic) bond motifs is 5. The molecule has 5 rings (SSSR count). The Morgan fingerprint density at radius 1 is 1.03 bits per heavy atom. The van der Waals surface area contributed by atoms with Crippen molar-refractivity contribution in [3.63, 3.8) is 0 Å². The fraction of sp³-hybridized carbons (Fsp3) is 0.261. The zero-order valence-corrected chi connectivity index (χ0v) is 19.5.